The van der Waals surface area contributed by atoms with Gasteiger partial charge in [0.15, 0.2) is 0 Å². The van der Waals surface area contributed by atoms with Gasteiger partial charge in [0.25, 0.3) is 0 Å². The third-order valence-electron chi connectivity index (χ3n) is 2.12. The second-order valence-corrected chi connectivity index (χ2v) is 3.83. The van der Waals surface area contributed by atoms with E-state index >= 15 is 0 Å². The summed E-state index contributed by atoms with van der Waals surface area (Å²) in [5.41, 5.74) is 23.2. The largest absolute Gasteiger partial charge is 0.369 e. The van der Waals surface area contributed by atoms with Gasteiger partial charge in [-0.15, -0.1) is 69.0 Å². The maximum absolute atomic E-state index is 5.21. The average Bonchev–Trinajstić information content (AvgIpc) is 2.42. The molecule has 0 aliphatic heterocycles. The van der Waals surface area contributed by atoms with Crippen molar-refractivity contribution in [3.05, 3.63) is 29.6 Å². The first-order valence-electron chi connectivity index (χ1n) is 5.64. The number of hydrogen-bond donors (Lipinski definition) is 4. The fourth-order valence-electron chi connectivity index (χ4n) is 1.21. The molecule has 1 heterocycles. The minimum atomic E-state index is -0.119. The molecule has 1 aromatic heterocycles. The molecular weight excluding hydrogens is 489 g/mol. The van der Waals surface area contributed by atoms with Crippen LogP contribution < -0.4 is 22.9 Å². The van der Waals surface area contributed by atoms with Crippen LogP contribution in [0.5, 0.6) is 0 Å². The van der Waals surface area contributed by atoms with E-state index in [-0.39, 0.29) is 70.7 Å². The van der Waals surface area contributed by atoms with E-state index in [1.54, 1.807) is 32.0 Å². The Morgan fingerprint density at radius 3 is 1.38 bits per heavy atom. The molecule has 8 N–H and O–H groups in total. The first kappa shape index (κ1) is 30.5. The lowest BCUT2D eigenvalue weighted by molar-refractivity contribution is 1.15. The Hall–Kier alpha value is -1.43. The Labute approximate surface area is 173 Å². The molecule has 0 fully saturated rings. The molecule has 0 radical (unpaired) electrons. The second-order valence-electron chi connectivity index (χ2n) is 3.83. The Kier molecular flexibility index (Phi) is 19.2. The molecule has 9 nitrogen and oxygen atoms in total. The van der Waals surface area contributed by atoms with Crippen molar-refractivity contribution < 1.29 is 0 Å². The Morgan fingerprint density at radius 2 is 1.08 bits per heavy atom. The van der Waals surface area contributed by atoms with E-state index in [0.29, 0.717) is 22.8 Å². The third-order valence-corrected chi connectivity index (χ3v) is 2.12. The zero-order chi connectivity index (χ0) is 15.1. The van der Waals surface area contributed by atoms with Crippen molar-refractivity contribution in [2.24, 2.45) is 43.3 Å². The lowest BCUT2D eigenvalue weighted by Crippen LogP contribution is -2.22. The lowest BCUT2D eigenvalue weighted by Gasteiger charge is -2.02. The molecule has 0 saturated carbocycles. The number of aromatic nitrogens is 1. The lowest BCUT2D eigenvalue weighted by atomic mass is 10.2. The van der Waals surface area contributed by atoms with Gasteiger partial charge in [-0.25, -0.2) is 4.98 Å². The predicted molar refractivity (Wildman–Crippen MR) is 115 cm³/mol. The Bertz CT molecular complexity index is 560. The number of pyridine rings is 1. The summed E-state index contributed by atoms with van der Waals surface area (Å²) in [5.74, 6) is -0.239. The third kappa shape index (κ3) is 11.2. The van der Waals surface area contributed by atoms with Gasteiger partial charge in [0.05, 0.1) is 22.8 Å². The van der Waals surface area contributed by atoms with E-state index in [0.717, 1.165) is 0 Å². The van der Waals surface area contributed by atoms with Crippen molar-refractivity contribution in [1.29, 1.82) is 0 Å². The molecule has 13 heteroatoms. The summed E-state index contributed by atoms with van der Waals surface area (Å²) in [6, 6.07) is 5.36. The molecule has 0 atom stereocenters. The summed E-state index contributed by atoms with van der Waals surface area (Å²) in [5, 5.41) is 14.8. The van der Waals surface area contributed by atoms with Crippen molar-refractivity contribution in [2.75, 3.05) is 0 Å². The molecule has 138 valence electrons. The molecule has 0 aliphatic rings. The molecular formula is C11H21Br2Cl2N9. The van der Waals surface area contributed by atoms with Crippen LogP contribution >= 0.6 is 58.8 Å². The summed E-state index contributed by atoms with van der Waals surface area (Å²) < 4.78 is 0. The van der Waals surface area contributed by atoms with Gasteiger partial charge >= 0.3 is 0 Å². The van der Waals surface area contributed by atoms with Crippen molar-refractivity contribution in [1.82, 2.24) is 4.98 Å². The minimum absolute atomic E-state index is 0. The molecule has 0 spiro atoms. The highest BCUT2D eigenvalue weighted by atomic mass is 79.9. The normalized spacial score (nSPS) is 9.92. The zero-order valence-electron chi connectivity index (χ0n) is 12.9. The first-order chi connectivity index (χ1) is 9.40. The number of nitrogens with two attached hydrogens (primary N) is 4. The van der Waals surface area contributed by atoms with Gasteiger partial charge in [0.1, 0.15) is 0 Å². The molecule has 1 rings (SSSR count). The van der Waals surface area contributed by atoms with E-state index in [1.807, 2.05) is 0 Å². The number of halogens is 4. The van der Waals surface area contributed by atoms with Gasteiger partial charge in [0, 0.05) is 0 Å². The van der Waals surface area contributed by atoms with Crippen LogP contribution in [0.2, 0.25) is 0 Å². The van der Waals surface area contributed by atoms with Crippen LogP contribution in [0.25, 0.3) is 0 Å². The molecule has 0 amide bonds. The van der Waals surface area contributed by atoms with Crippen molar-refractivity contribution in [3.8, 4) is 0 Å². The van der Waals surface area contributed by atoms with Crippen LogP contribution in [-0.4, -0.2) is 28.3 Å². The minimum Gasteiger partial charge on any atom is -0.369 e. The molecule has 24 heavy (non-hydrogen) atoms. The summed E-state index contributed by atoms with van der Waals surface area (Å²) in [4.78, 5) is 4.37. The molecule has 0 aromatic carbocycles. The van der Waals surface area contributed by atoms with Crippen molar-refractivity contribution >= 4 is 82.1 Å². The van der Waals surface area contributed by atoms with Gasteiger partial charge in [-0.05, 0) is 26.0 Å². The molecule has 0 aliphatic carbocycles. The predicted octanol–water partition coefficient (Wildman–Crippen LogP) is 1.08. The number of rotatable bonds is 4. The topological polar surface area (TPSA) is 166 Å². The number of nitrogens with zero attached hydrogens (tertiary/aromatic N) is 5. The Morgan fingerprint density at radius 1 is 0.750 bits per heavy atom. The van der Waals surface area contributed by atoms with E-state index in [4.69, 9.17) is 22.9 Å². The highest BCUT2D eigenvalue weighted by Crippen LogP contribution is 2.03. The SMILES string of the molecule is Br.Br.CC(=NN=C(N)N)c1cccc(C(C)=NN=C(N)N)n1.Cl.Cl. The summed E-state index contributed by atoms with van der Waals surface area (Å²) >= 11 is 0. The fraction of sp³-hybridized carbons (Fsp3) is 0.182. The quantitative estimate of drug-likeness (QED) is 0.270. The maximum Gasteiger partial charge on any atom is 0.211 e. The Balaban J connectivity index is -0.000000500. The highest BCUT2D eigenvalue weighted by Gasteiger charge is 2.04. The smallest absolute Gasteiger partial charge is 0.211 e. The monoisotopic (exact) mass is 507 g/mol. The van der Waals surface area contributed by atoms with Gasteiger partial charge in [-0.2, -0.15) is 10.2 Å². The number of hydrogen-bond acceptors (Lipinski definition) is 5. The molecule has 0 bridgehead atoms. The van der Waals surface area contributed by atoms with Crippen LogP contribution in [-0.2, 0) is 0 Å². The fourth-order valence-corrected chi connectivity index (χ4v) is 1.21. The first-order valence-corrected chi connectivity index (χ1v) is 5.64. The van der Waals surface area contributed by atoms with Gasteiger partial charge in [-0.1, -0.05) is 6.07 Å². The van der Waals surface area contributed by atoms with Crippen molar-refractivity contribution in [2.45, 2.75) is 13.8 Å². The highest BCUT2D eigenvalue weighted by molar-refractivity contribution is 8.93. The molecule has 1 aromatic rings. The van der Waals surface area contributed by atoms with E-state index < -0.39 is 0 Å². The van der Waals surface area contributed by atoms with Gasteiger partial charge < -0.3 is 22.9 Å². The average molecular weight is 510 g/mol. The van der Waals surface area contributed by atoms with Crippen LogP contribution in [0.3, 0.4) is 0 Å². The van der Waals surface area contributed by atoms with Crippen molar-refractivity contribution in [3.63, 3.8) is 0 Å². The van der Waals surface area contributed by atoms with Crippen LogP contribution in [0.15, 0.2) is 38.6 Å². The van der Waals surface area contributed by atoms with Crippen LogP contribution in [0.4, 0.5) is 0 Å². The maximum atomic E-state index is 5.21. The zero-order valence-corrected chi connectivity index (χ0v) is 18.0. The van der Waals surface area contributed by atoms with Crippen LogP contribution in [0.1, 0.15) is 25.2 Å². The standard InChI is InChI=1S/C11H17N9.2BrH.2ClH/c1-6(17-19-10(12)13)8-4-3-5-9(16-8)7(2)18-20-11(14)15;;;;/h3-5H,1-2H3,(H4,12,13,19)(H4,14,15,20);4*1H. The van der Waals surface area contributed by atoms with Crippen LogP contribution in [0, 0.1) is 0 Å². The number of guanidine groups is 2. The molecule has 0 saturated heterocycles. The summed E-state index contributed by atoms with van der Waals surface area (Å²) in [7, 11) is 0. The summed E-state index contributed by atoms with van der Waals surface area (Å²) in [6.45, 7) is 3.47. The van der Waals surface area contributed by atoms with Gasteiger partial charge in [0.2, 0.25) is 11.9 Å². The van der Waals surface area contributed by atoms with E-state index in [9.17, 15) is 0 Å². The second kappa shape index (κ2) is 15.1. The molecule has 0 unspecified atom stereocenters. The summed E-state index contributed by atoms with van der Waals surface area (Å²) in [6.07, 6.45) is 0. The van der Waals surface area contributed by atoms with E-state index in [2.05, 4.69) is 25.4 Å². The van der Waals surface area contributed by atoms with Gasteiger partial charge in [-0.3, -0.25) is 0 Å². The van der Waals surface area contributed by atoms with E-state index in [1.165, 1.54) is 0 Å².